The molecule has 0 amide bonds. The first kappa shape index (κ1) is 7.28. The predicted octanol–water partition coefficient (Wildman–Crippen LogP) is 0.439. The number of hydrogen-bond acceptors (Lipinski definition) is 3. The van der Waals surface area contributed by atoms with Gasteiger partial charge in [0.1, 0.15) is 0 Å². The topological polar surface area (TPSA) is 38.7 Å². The molecule has 0 aromatic rings. The second kappa shape index (κ2) is 2.93. The Hall–Kier alpha value is -0.380. The Morgan fingerprint density at radius 2 is 2.36 bits per heavy atom. The first-order valence-corrected chi connectivity index (χ1v) is 3.97. The Morgan fingerprint density at radius 3 is 3.09 bits per heavy atom. The maximum absolute atomic E-state index is 8.77. The van der Waals surface area contributed by atoms with Crippen molar-refractivity contribution in [3.8, 4) is 0 Å². The fraction of sp³-hybridized carbons (Fsp3) is 0.750. The molecule has 1 fully saturated rings. The molecule has 0 aromatic carbocycles. The standard InChI is InChI=1S/C8H12O3/c9-5-8-10-6-2-1-3-7(4-6)11-8/h1-2,6-9H,3-5H2. The van der Waals surface area contributed by atoms with Crippen molar-refractivity contribution in [1.29, 1.82) is 0 Å². The summed E-state index contributed by atoms with van der Waals surface area (Å²) in [5.74, 6) is 0. The molecular formula is C8H12O3. The summed E-state index contributed by atoms with van der Waals surface area (Å²) in [6.45, 7) is -0.0408. The van der Waals surface area contributed by atoms with Gasteiger partial charge in [-0.05, 0) is 6.42 Å². The first-order chi connectivity index (χ1) is 5.38. The van der Waals surface area contributed by atoms with E-state index in [1.807, 2.05) is 6.08 Å². The van der Waals surface area contributed by atoms with Crippen molar-refractivity contribution >= 4 is 0 Å². The van der Waals surface area contributed by atoms with Gasteiger partial charge < -0.3 is 14.6 Å². The molecule has 1 aliphatic carbocycles. The van der Waals surface area contributed by atoms with E-state index < -0.39 is 6.29 Å². The van der Waals surface area contributed by atoms with Crippen LogP contribution in [0.1, 0.15) is 12.8 Å². The van der Waals surface area contributed by atoms with E-state index in [2.05, 4.69) is 6.08 Å². The molecule has 2 bridgehead atoms. The summed E-state index contributed by atoms with van der Waals surface area (Å²) in [4.78, 5) is 0. The number of rotatable bonds is 1. The molecule has 1 N–H and O–H groups in total. The van der Waals surface area contributed by atoms with Crippen LogP contribution in [0, 0.1) is 0 Å². The maximum Gasteiger partial charge on any atom is 0.181 e. The average molecular weight is 156 g/mol. The third-order valence-electron chi connectivity index (χ3n) is 2.06. The molecule has 2 aliphatic rings. The summed E-state index contributed by atoms with van der Waals surface area (Å²) in [7, 11) is 0. The van der Waals surface area contributed by atoms with Crippen LogP contribution in [0.15, 0.2) is 12.2 Å². The van der Waals surface area contributed by atoms with Crippen molar-refractivity contribution in [2.75, 3.05) is 6.61 Å². The molecule has 3 atom stereocenters. The van der Waals surface area contributed by atoms with Gasteiger partial charge in [-0.15, -0.1) is 0 Å². The van der Waals surface area contributed by atoms with Crippen LogP contribution >= 0.6 is 0 Å². The highest BCUT2D eigenvalue weighted by atomic mass is 16.7. The highest BCUT2D eigenvalue weighted by Gasteiger charge is 2.29. The van der Waals surface area contributed by atoms with Gasteiger partial charge >= 0.3 is 0 Å². The van der Waals surface area contributed by atoms with Gasteiger partial charge in [0.2, 0.25) is 0 Å². The minimum Gasteiger partial charge on any atom is -0.391 e. The molecule has 0 saturated carbocycles. The molecule has 2 rings (SSSR count). The lowest BCUT2D eigenvalue weighted by molar-refractivity contribution is -0.246. The number of fused-ring (bicyclic) bond motifs is 2. The Balaban J connectivity index is 2.02. The van der Waals surface area contributed by atoms with Gasteiger partial charge in [0.25, 0.3) is 0 Å². The summed E-state index contributed by atoms with van der Waals surface area (Å²) in [6, 6.07) is 0. The largest absolute Gasteiger partial charge is 0.391 e. The van der Waals surface area contributed by atoms with E-state index in [1.54, 1.807) is 0 Å². The summed E-state index contributed by atoms with van der Waals surface area (Å²) in [5, 5.41) is 8.77. The van der Waals surface area contributed by atoms with Crippen molar-refractivity contribution in [1.82, 2.24) is 0 Å². The molecule has 1 aliphatic heterocycles. The van der Waals surface area contributed by atoms with Crippen LogP contribution in [-0.4, -0.2) is 30.2 Å². The molecule has 3 heteroatoms. The van der Waals surface area contributed by atoms with E-state index in [1.165, 1.54) is 0 Å². The van der Waals surface area contributed by atoms with Crippen molar-refractivity contribution < 1.29 is 14.6 Å². The van der Waals surface area contributed by atoms with Crippen molar-refractivity contribution in [2.45, 2.75) is 31.3 Å². The minimum absolute atomic E-state index is 0.0408. The van der Waals surface area contributed by atoms with E-state index in [0.29, 0.717) is 0 Å². The Morgan fingerprint density at radius 1 is 1.45 bits per heavy atom. The van der Waals surface area contributed by atoms with Crippen LogP contribution in [-0.2, 0) is 9.47 Å². The molecule has 0 radical (unpaired) electrons. The molecular weight excluding hydrogens is 144 g/mol. The Bertz CT molecular complexity index is 167. The van der Waals surface area contributed by atoms with Crippen LogP contribution in [0.3, 0.4) is 0 Å². The zero-order valence-electron chi connectivity index (χ0n) is 6.27. The molecule has 0 spiro atoms. The fourth-order valence-electron chi connectivity index (χ4n) is 1.56. The van der Waals surface area contributed by atoms with Crippen LogP contribution in [0.5, 0.6) is 0 Å². The number of aliphatic hydroxyl groups is 1. The van der Waals surface area contributed by atoms with E-state index >= 15 is 0 Å². The third kappa shape index (κ3) is 1.45. The van der Waals surface area contributed by atoms with Crippen LogP contribution in [0.25, 0.3) is 0 Å². The van der Waals surface area contributed by atoms with Crippen molar-refractivity contribution in [3.63, 3.8) is 0 Å². The Kier molecular flexibility index (Phi) is 1.94. The lowest BCUT2D eigenvalue weighted by atomic mass is 10.0. The monoisotopic (exact) mass is 156 g/mol. The normalized spacial score (nSPS) is 42.5. The van der Waals surface area contributed by atoms with Crippen molar-refractivity contribution in [2.24, 2.45) is 0 Å². The number of hydrogen-bond donors (Lipinski definition) is 1. The van der Waals surface area contributed by atoms with Gasteiger partial charge in [0, 0.05) is 6.42 Å². The lowest BCUT2D eigenvalue weighted by Crippen LogP contribution is -2.40. The average Bonchev–Trinajstić information content (AvgIpc) is 2.03. The van der Waals surface area contributed by atoms with Gasteiger partial charge in [-0.3, -0.25) is 0 Å². The zero-order valence-corrected chi connectivity index (χ0v) is 6.27. The van der Waals surface area contributed by atoms with Crippen LogP contribution in [0.2, 0.25) is 0 Å². The second-order valence-electron chi connectivity index (χ2n) is 2.94. The lowest BCUT2D eigenvalue weighted by Gasteiger charge is -2.35. The second-order valence-corrected chi connectivity index (χ2v) is 2.94. The molecule has 1 heterocycles. The molecule has 1 saturated heterocycles. The van der Waals surface area contributed by atoms with Gasteiger partial charge in [-0.2, -0.15) is 0 Å². The summed E-state index contributed by atoms with van der Waals surface area (Å²) in [5.41, 5.74) is 0. The first-order valence-electron chi connectivity index (χ1n) is 3.97. The summed E-state index contributed by atoms with van der Waals surface area (Å²) >= 11 is 0. The zero-order chi connectivity index (χ0) is 7.68. The van der Waals surface area contributed by atoms with Gasteiger partial charge in [-0.25, -0.2) is 0 Å². The smallest absolute Gasteiger partial charge is 0.181 e. The molecule has 11 heavy (non-hydrogen) atoms. The van der Waals surface area contributed by atoms with Gasteiger partial charge in [-0.1, -0.05) is 12.2 Å². The van der Waals surface area contributed by atoms with Gasteiger partial charge in [0.15, 0.2) is 6.29 Å². The fourth-order valence-corrected chi connectivity index (χ4v) is 1.56. The summed E-state index contributed by atoms with van der Waals surface area (Å²) in [6.07, 6.45) is 6.04. The highest BCUT2D eigenvalue weighted by Crippen LogP contribution is 2.25. The van der Waals surface area contributed by atoms with E-state index in [9.17, 15) is 0 Å². The Labute approximate surface area is 65.6 Å². The van der Waals surface area contributed by atoms with Crippen molar-refractivity contribution in [3.05, 3.63) is 12.2 Å². The van der Waals surface area contributed by atoms with Gasteiger partial charge in [0.05, 0.1) is 18.8 Å². The molecule has 62 valence electrons. The number of aliphatic hydroxyl groups excluding tert-OH is 1. The maximum atomic E-state index is 8.77. The number of ether oxygens (including phenoxy) is 2. The summed E-state index contributed by atoms with van der Waals surface area (Å²) < 4.78 is 10.7. The van der Waals surface area contributed by atoms with E-state index in [-0.39, 0.29) is 18.8 Å². The van der Waals surface area contributed by atoms with Crippen LogP contribution in [0.4, 0.5) is 0 Å². The predicted molar refractivity (Wildman–Crippen MR) is 39.0 cm³/mol. The molecule has 0 aromatic heterocycles. The third-order valence-corrected chi connectivity index (χ3v) is 2.06. The van der Waals surface area contributed by atoms with E-state index in [4.69, 9.17) is 14.6 Å². The quantitative estimate of drug-likeness (QED) is 0.560. The minimum atomic E-state index is -0.399. The van der Waals surface area contributed by atoms with E-state index in [0.717, 1.165) is 12.8 Å². The molecule has 3 unspecified atom stereocenters. The van der Waals surface area contributed by atoms with Crippen LogP contribution < -0.4 is 0 Å². The molecule has 3 nitrogen and oxygen atoms in total. The SMILES string of the molecule is OCC1OC2C=CCC(C2)O1. The highest BCUT2D eigenvalue weighted by molar-refractivity contribution is 4.99.